The summed E-state index contributed by atoms with van der Waals surface area (Å²) >= 11 is 0. The number of halogens is 6. The van der Waals surface area contributed by atoms with E-state index in [9.17, 15) is 31.1 Å². The van der Waals surface area contributed by atoms with Gasteiger partial charge in [0.15, 0.2) is 12.5 Å². The van der Waals surface area contributed by atoms with Crippen LogP contribution in [0.4, 0.5) is 32.0 Å². The Balaban J connectivity index is 1.87. The van der Waals surface area contributed by atoms with Crippen molar-refractivity contribution in [2.24, 2.45) is 0 Å². The van der Waals surface area contributed by atoms with E-state index >= 15 is 0 Å². The minimum absolute atomic E-state index is 0.106. The molecule has 0 atom stereocenters. The van der Waals surface area contributed by atoms with Gasteiger partial charge in [0.1, 0.15) is 0 Å². The lowest BCUT2D eigenvalue weighted by Gasteiger charge is -2.16. The summed E-state index contributed by atoms with van der Waals surface area (Å²) in [6, 6.07) is 3.08. The fourth-order valence-corrected chi connectivity index (χ4v) is 2.50. The van der Waals surface area contributed by atoms with Crippen molar-refractivity contribution >= 4 is 17.7 Å². The second kappa shape index (κ2) is 6.60. The molecule has 142 valence electrons. The molecule has 1 amide bonds. The van der Waals surface area contributed by atoms with Crippen molar-refractivity contribution < 1.29 is 35.9 Å². The fraction of sp³-hybridized carbons (Fsp3) is 0.176. The molecule has 4 nitrogen and oxygen atoms in total. The number of aromatic nitrogens is 1. The van der Waals surface area contributed by atoms with Gasteiger partial charge in [0.2, 0.25) is 0 Å². The van der Waals surface area contributed by atoms with Gasteiger partial charge in [-0.3, -0.25) is 14.7 Å². The molecule has 10 heteroatoms. The Hall–Kier alpha value is -3.04. The van der Waals surface area contributed by atoms with Crippen LogP contribution in [-0.2, 0) is 17.1 Å². The second-order valence-electron chi connectivity index (χ2n) is 5.52. The SMILES string of the molecule is O=C(/C=C/c1ccc(C(F)(F)F)c(C(F)(F)F)c1)N1COc2cnccc21. The van der Waals surface area contributed by atoms with E-state index in [0.717, 1.165) is 18.2 Å². The van der Waals surface area contributed by atoms with Crippen LogP contribution in [0.1, 0.15) is 16.7 Å². The lowest BCUT2D eigenvalue weighted by atomic mass is 10.0. The van der Waals surface area contributed by atoms with Crippen molar-refractivity contribution in [1.82, 2.24) is 4.98 Å². The Kier molecular flexibility index (Phi) is 4.58. The van der Waals surface area contributed by atoms with Gasteiger partial charge < -0.3 is 4.74 Å². The number of carbonyl (C=O) groups is 1. The van der Waals surface area contributed by atoms with Gasteiger partial charge in [-0.2, -0.15) is 26.3 Å². The molecule has 0 N–H and O–H groups in total. The molecule has 0 saturated heterocycles. The number of pyridine rings is 1. The number of benzene rings is 1. The molecule has 3 rings (SSSR count). The Bertz CT molecular complexity index is 905. The molecule has 2 heterocycles. The van der Waals surface area contributed by atoms with E-state index in [1.54, 1.807) is 0 Å². The average molecular weight is 388 g/mol. The molecule has 1 aliphatic heterocycles. The van der Waals surface area contributed by atoms with Gasteiger partial charge in [-0.25, -0.2) is 0 Å². The van der Waals surface area contributed by atoms with Crippen LogP contribution in [0.3, 0.4) is 0 Å². The number of hydrogen-bond acceptors (Lipinski definition) is 3. The average Bonchev–Trinajstić information content (AvgIpc) is 3.02. The maximum Gasteiger partial charge on any atom is 0.417 e. The molecule has 0 spiro atoms. The first kappa shape index (κ1) is 18.7. The van der Waals surface area contributed by atoms with Crippen LogP contribution in [0.25, 0.3) is 6.08 Å². The zero-order valence-electron chi connectivity index (χ0n) is 13.3. The molecule has 0 fully saturated rings. The number of carbonyl (C=O) groups excluding carboxylic acids is 1. The molecule has 0 unspecified atom stereocenters. The van der Waals surface area contributed by atoms with E-state index in [2.05, 4.69) is 4.98 Å². The Morgan fingerprint density at radius 1 is 1.07 bits per heavy atom. The van der Waals surface area contributed by atoms with E-state index in [4.69, 9.17) is 4.74 Å². The van der Waals surface area contributed by atoms with Crippen molar-refractivity contribution in [3.05, 3.63) is 59.4 Å². The highest BCUT2D eigenvalue weighted by Crippen LogP contribution is 2.40. The molecule has 1 aromatic heterocycles. The van der Waals surface area contributed by atoms with Gasteiger partial charge in [-0.15, -0.1) is 0 Å². The molecule has 0 aliphatic carbocycles. The van der Waals surface area contributed by atoms with Crippen molar-refractivity contribution in [2.75, 3.05) is 11.6 Å². The van der Waals surface area contributed by atoms with E-state index in [0.29, 0.717) is 23.6 Å². The normalized spacial score (nSPS) is 14.4. The van der Waals surface area contributed by atoms with Crippen molar-refractivity contribution in [2.45, 2.75) is 12.4 Å². The van der Waals surface area contributed by atoms with Gasteiger partial charge in [0, 0.05) is 12.3 Å². The summed E-state index contributed by atoms with van der Waals surface area (Å²) in [4.78, 5) is 17.3. The second-order valence-corrected chi connectivity index (χ2v) is 5.52. The van der Waals surface area contributed by atoms with Crippen LogP contribution in [0.2, 0.25) is 0 Å². The summed E-state index contributed by atoms with van der Waals surface area (Å²) in [6.07, 6.45) is -5.53. The maximum absolute atomic E-state index is 12.9. The van der Waals surface area contributed by atoms with Gasteiger partial charge in [0.05, 0.1) is 23.0 Å². The molecular formula is C17H10F6N2O2. The number of rotatable bonds is 2. The maximum atomic E-state index is 12.9. The topological polar surface area (TPSA) is 42.4 Å². The van der Waals surface area contributed by atoms with Crippen LogP contribution in [-0.4, -0.2) is 17.6 Å². The molecule has 0 radical (unpaired) electrons. The third kappa shape index (κ3) is 3.88. The molecule has 2 aromatic rings. The molecule has 0 bridgehead atoms. The van der Waals surface area contributed by atoms with Crippen molar-refractivity contribution in [1.29, 1.82) is 0 Å². The first-order chi connectivity index (χ1) is 12.6. The number of amides is 1. The smallest absolute Gasteiger partial charge is 0.417 e. The number of hydrogen-bond donors (Lipinski definition) is 0. The molecule has 1 aromatic carbocycles. The standard InChI is InChI=1S/C17H10F6N2O2/c18-16(19,20)11-3-1-10(7-12(11)17(21,22)23)2-4-15(26)25-9-27-14-8-24-6-5-13(14)25/h1-8H,9H2/b4-2+. The summed E-state index contributed by atoms with van der Waals surface area (Å²) in [5.41, 5.74) is -3.36. The zero-order valence-corrected chi connectivity index (χ0v) is 13.3. The minimum atomic E-state index is -5.19. The Morgan fingerprint density at radius 3 is 2.44 bits per heavy atom. The molecule has 27 heavy (non-hydrogen) atoms. The predicted molar refractivity (Wildman–Crippen MR) is 82.7 cm³/mol. The van der Waals surface area contributed by atoms with Crippen LogP contribution in [0.5, 0.6) is 5.75 Å². The minimum Gasteiger partial charge on any atom is -0.469 e. The predicted octanol–water partition coefficient (Wildman–Crippen LogP) is 4.52. The monoisotopic (exact) mass is 388 g/mol. The quantitative estimate of drug-likeness (QED) is 0.561. The number of anilines is 1. The van der Waals surface area contributed by atoms with Crippen LogP contribution in [0, 0.1) is 0 Å². The van der Waals surface area contributed by atoms with E-state index in [-0.39, 0.29) is 12.3 Å². The molecule has 0 saturated carbocycles. The first-order valence-electron chi connectivity index (χ1n) is 7.42. The highest BCUT2D eigenvalue weighted by molar-refractivity contribution is 6.05. The largest absolute Gasteiger partial charge is 0.469 e. The highest BCUT2D eigenvalue weighted by Gasteiger charge is 2.42. The summed E-state index contributed by atoms with van der Waals surface area (Å²) in [6.45, 7) is -0.106. The number of alkyl halides is 6. The third-order valence-corrected chi connectivity index (χ3v) is 3.74. The molecular weight excluding hydrogens is 378 g/mol. The first-order valence-corrected chi connectivity index (χ1v) is 7.42. The van der Waals surface area contributed by atoms with Crippen molar-refractivity contribution in [3.63, 3.8) is 0 Å². The lowest BCUT2D eigenvalue weighted by Crippen LogP contribution is -2.28. The van der Waals surface area contributed by atoms with E-state index in [1.165, 1.54) is 23.4 Å². The Morgan fingerprint density at radius 2 is 1.78 bits per heavy atom. The summed E-state index contributed by atoms with van der Waals surface area (Å²) in [7, 11) is 0. The Labute approximate surface area is 148 Å². The number of fused-ring (bicyclic) bond motifs is 1. The summed E-state index contributed by atoms with van der Waals surface area (Å²) in [5.74, 6) is -0.235. The lowest BCUT2D eigenvalue weighted by molar-refractivity contribution is -0.162. The van der Waals surface area contributed by atoms with Crippen LogP contribution >= 0.6 is 0 Å². The number of nitrogens with zero attached hydrogens (tertiary/aromatic N) is 2. The summed E-state index contributed by atoms with van der Waals surface area (Å²) in [5, 5.41) is 0. The molecule has 1 aliphatic rings. The van der Waals surface area contributed by atoms with Crippen LogP contribution in [0.15, 0.2) is 42.7 Å². The van der Waals surface area contributed by atoms with Crippen molar-refractivity contribution in [3.8, 4) is 5.75 Å². The van der Waals surface area contributed by atoms with Gasteiger partial charge in [0.25, 0.3) is 5.91 Å². The summed E-state index contributed by atoms with van der Waals surface area (Å²) < 4.78 is 82.4. The third-order valence-electron chi connectivity index (χ3n) is 3.74. The van der Waals surface area contributed by atoms with Gasteiger partial charge in [-0.05, 0) is 29.8 Å². The number of ether oxygens (including phenoxy) is 1. The fourth-order valence-electron chi connectivity index (χ4n) is 2.50. The van der Waals surface area contributed by atoms with Crippen LogP contribution < -0.4 is 9.64 Å². The van der Waals surface area contributed by atoms with E-state index in [1.807, 2.05) is 0 Å². The van der Waals surface area contributed by atoms with Gasteiger partial charge in [-0.1, -0.05) is 6.07 Å². The van der Waals surface area contributed by atoms with Gasteiger partial charge >= 0.3 is 12.4 Å². The zero-order chi connectivity index (χ0) is 19.8. The van der Waals surface area contributed by atoms with E-state index < -0.39 is 29.4 Å². The highest BCUT2D eigenvalue weighted by atomic mass is 19.4.